The van der Waals surface area contributed by atoms with Gasteiger partial charge in [-0.25, -0.2) is 0 Å². The Balaban J connectivity index is 2.17. The number of amides is 1. The molecule has 1 fully saturated rings. The van der Waals surface area contributed by atoms with Gasteiger partial charge in [-0.1, -0.05) is 11.6 Å². The van der Waals surface area contributed by atoms with Gasteiger partial charge in [-0.15, -0.1) is 0 Å². The molecule has 1 unspecified atom stereocenters. The summed E-state index contributed by atoms with van der Waals surface area (Å²) >= 11 is 6.08. The van der Waals surface area contributed by atoms with Crippen molar-refractivity contribution in [2.45, 2.75) is 25.8 Å². The van der Waals surface area contributed by atoms with Gasteiger partial charge in [0.05, 0.1) is 17.2 Å². The molecule has 19 heavy (non-hydrogen) atoms. The van der Waals surface area contributed by atoms with Crippen LogP contribution in [0.15, 0.2) is 18.5 Å². The number of methoxy groups -OCH3 is 1. The number of aromatic nitrogens is 1. The summed E-state index contributed by atoms with van der Waals surface area (Å²) in [6.45, 7) is 3.20. The topological polar surface area (TPSA) is 42.4 Å². The predicted molar refractivity (Wildman–Crippen MR) is 74.3 cm³/mol. The largest absolute Gasteiger partial charge is 0.383 e. The molecule has 2 rings (SSSR count). The van der Waals surface area contributed by atoms with Crippen molar-refractivity contribution in [1.29, 1.82) is 0 Å². The number of hydrogen-bond acceptors (Lipinski definition) is 3. The van der Waals surface area contributed by atoms with E-state index in [1.54, 1.807) is 19.4 Å². The fourth-order valence-corrected chi connectivity index (χ4v) is 2.39. The van der Waals surface area contributed by atoms with Crippen LogP contribution >= 0.6 is 11.6 Å². The number of nitrogens with zero attached hydrogens (tertiary/aromatic N) is 2. The van der Waals surface area contributed by atoms with E-state index in [9.17, 15) is 4.79 Å². The van der Waals surface area contributed by atoms with Crippen molar-refractivity contribution in [1.82, 2.24) is 9.88 Å². The second-order valence-corrected chi connectivity index (χ2v) is 5.33. The Morgan fingerprint density at radius 2 is 2.37 bits per heavy atom. The van der Waals surface area contributed by atoms with Crippen LogP contribution in [-0.2, 0) is 4.74 Å². The van der Waals surface area contributed by atoms with Crippen molar-refractivity contribution in [3.63, 3.8) is 0 Å². The molecule has 1 aliphatic carbocycles. The average molecular weight is 283 g/mol. The number of pyridine rings is 1. The lowest BCUT2D eigenvalue weighted by molar-refractivity contribution is 0.0594. The molecule has 0 bridgehead atoms. The summed E-state index contributed by atoms with van der Waals surface area (Å²) in [5, 5.41) is 0.449. The highest BCUT2D eigenvalue weighted by Gasteiger charge is 2.34. The Morgan fingerprint density at radius 3 is 2.95 bits per heavy atom. The Morgan fingerprint density at radius 1 is 1.63 bits per heavy atom. The zero-order valence-electron chi connectivity index (χ0n) is 11.3. The summed E-state index contributed by atoms with van der Waals surface area (Å²) in [5.74, 6) is 0.547. The third-order valence-corrected chi connectivity index (χ3v) is 3.92. The maximum Gasteiger partial charge on any atom is 0.257 e. The van der Waals surface area contributed by atoms with Crippen LogP contribution in [0.4, 0.5) is 0 Å². The van der Waals surface area contributed by atoms with Crippen LogP contribution in [0.1, 0.15) is 30.1 Å². The molecule has 1 saturated carbocycles. The maximum absolute atomic E-state index is 12.6. The van der Waals surface area contributed by atoms with Crippen LogP contribution in [0.5, 0.6) is 0 Å². The van der Waals surface area contributed by atoms with Crippen LogP contribution in [-0.4, -0.2) is 42.1 Å². The van der Waals surface area contributed by atoms with Gasteiger partial charge in [-0.2, -0.15) is 0 Å². The van der Waals surface area contributed by atoms with Crippen molar-refractivity contribution < 1.29 is 9.53 Å². The molecule has 0 radical (unpaired) electrons. The Bertz CT molecular complexity index is 449. The third-order valence-electron chi connectivity index (χ3n) is 3.59. The molecule has 0 aromatic carbocycles. The second kappa shape index (κ2) is 6.35. The van der Waals surface area contributed by atoms with Crippen LogP contribution in [0.3, 0.4) is 0 Å². The molecule has 0 saturated heterocycles. The van der Waals surface area contributed by atoms with Crippen molar-refractivity contribution in [2.75, 3.05) is 20.3 Å². The van der Waals surface area contributed by atoms with Crippen LogP contribution in [0.2, 0.25) is 5.02 Å². The minimum Gasteiger partial charge on any atom is -0.383 e. The zero-order chi connectivity index (χ0) is 13.8. The quantitative estimate of drug-likeness (QED) is 0.805. The van der Waals surface area contributed by atoms with E-state index >= 15 is 0 Å². The summed E-state index contributed by atoms with van der Waals surface area (Å²) in [4.78, 5) is 18.4. The van der Waals surface area contributed by atoms with E-state index in [4.69, 9.17) is 16.3 Å². The highest BCUT2D eigenvalue weighted by Crippen LogP contribution is 2.35. The smallest absolute Gasteiger partial charge is 0.257 e. The first kappa shape index (κ1) is 14.3. The average Bonchev–Trinajstić information content (AvgIpc) is 3.23. The lowest BCUT2D eigenvalue weighted by atomic mass is 10.1. The Labute approximate surface area is 118 Å². The van der Waals surface area contributed by atoms with E-state index < -0.39 is 0 Å². The van der Waals surface area contributed by atoms with E-state index in [1.165, 1.54) is 19.0 Å². The van der Waals surface area contributed by atoms with Crippen molar-refractivity contribution in [3.8, 4) is 0 Å². The number of ether oxygens (including phenoxy) is 1. The summed E-state index contributed by atoms with van der Waals surface area (Å²) in [7, 11) is 1.64. The minimum atomic E-state index is -0.0606. The van der Waals surface area contributed by atoms with E-state index in [0.29, 0.717) is 29.7 Å². The first-order valence-corrected chi connectivity index (χ1v) is 6.92. The van der Waals surface area contributed by atoms with Gasteiger partial charge in [0.15, 0.2) is 0 Å². The number of hydrogen-bond donors (Lipinski definition) is 0. The molecular formula is C14H19ClN2O2. The fourth-order valence-electron chi connectivity index (χ4n) is 2.20. The van der Waals surface area contributed by atoms with E-state index in [0.717, 1.165) is 0 Å². The van der Waals surface area contributed by atoms with Gasteiger partial charge in [0, 0.05) is 32.1 Å². The molecule has 1 heterocycles. The molecule has 104 valence electrons. The van der Waals surface area contributed by atoms with Gasteiger partial charge in [-0.05, 0) is 31.7 Å². The summed E-state index contributed by atoms with van der Waals surface area (Å²) < 4.78 is 5.10. The third kappa shape index (κ3) is 3.45. The number of halogens is 1. The summed E-state index contributed by atoms with van der Waals surface area (Å²) in [5.41, 5.74) is 0.466. The zero-order valence-corrected chi connectivity index (χ0v) is 12.1. The number of carbonyl (C=O) groups excluding carboxylic acids is 1. The Hall–Kier alpha value is -1.13. The number of carbonyl (C=O) groups is 1. The lowest BCUT2D eigenvalue weighted by Gasteiger charge is -2.29. The molecule has 4 nitrogen and oxygen atoms in total. The molecule has 0 aliphatic heterocycles. The van der Waals surface area contributed by atoms with E-state index in [-0.39, 0.29) is 11.9 Å². The second-order valence-electron chi connectivity index (χ2n) is 4.92. The van der Waals surface area contributed by atoms with Crippen LogP contribution < -0.4 is 0 Å². The fraction of sp³-hybridized carbons (Fsp3) is 0.571. The lowest BCUT2D eigenvalue weighted by Crippen LogP contribution is -2.42. The normalized spacial score (nSPS) is 16.2. The molecule has 1 amide bonds. The molecule has 5 heteroatoms. The summed E-state index contributed by atoms with van der Waals surface area (Å²) in [6, 6.07) is 1.87. The maximum atomic E-state index is 12.6. The van der Waals surface area contributed by atoms with Crippen molar-refractivity contribution >= 4 is 17.5 Å². The molecule has 0 N–H and O–H groups in total. The predicted octanol–water partition coefficient (Wildman–Crippen LogP) is 2.62. The van der Waals surface area contributed by atoms with E-state index in [2.05, 4.69) is 11.9 Å². The highest BCUT2D eigenvalue weighted by atomic mass is 35.5. The number of rotatable bonds is 6. The van der Waals surface area contributed by atoms with Crippen LogP contribution in [0.25, 0.3) is 0 Å². The van der Waals surface area contributed by atoms with Crippen molar-refractivity contribution in [2.24, 2.45) is 5.92 Å². The van der Waals surface area contributed by atoms with Gasteiger partial charge < -0.3 is 9.64 Å². The first-order chi connectivity index (χ1) is 9.15. The first-order valence-electron chi connectivity index (χ1n) is 6.54. The van der Waals surface area contributed by atoms with Gasteiger partial charge in [0.1, 0.15) is 0 Å². The van der Waals surface area contributed by atoms with Gasteiger partial charge in [-0.3, -0.25) is 9.78 Å². The minimum absolute atomic E-state index is 0.0606. The van der Waals surface area contributed by atoms with Crippen molar-refractivity contribution in [3.05, 3.63) is 29.0 Å². The van der Waals surface area contributed by atoms with Crippen LogP contribution in [0, 0.1) is 5.92 Å². The van der Waals surface area contributed by atoms with Gasteiger partial charge in [0.2, 0.25) is 0 Å². The molecule has 0 spiro atoms. The molecule has 1 aromatic heterocycles. The Kier molecular flexibility index (Phi) is 4.77. The van der Waals surface area contributed by atoms with E-state index in [1.807, 2.05) is 4.90 Å². The SMILES string of the molecule is COCCN(C(=O)c1cnccc1Cl)C(C)C1CC1. The van der Waals surface area contributed by atoms with Gasteiger partial charge >= 0.3 is 0 Å². The van der Waals surface area contributed by atoms with Gasteiger partial charge in [0.25, 0.3) is 5.91 Å². The monoisotopic (exact) mass is 282 g/mol. The standard InChI is InChI=1S/C14H19ClN2O2/c1-10(11-3-4-11)17(7-8-19-2)14(18)12-9-16-6-5-13(12)15/h5-6,9-11H,3-4,7-8H2,1-2H3. The summed E-state index contributed by atoms with van der Waals surface area (Å²) in [6.07, 6.45) is 5.50. The molecule has 1 atom stereocenters. The molecule has 1 aliphatic rings. The molecular weight excluding hydrogens is 264 g/mol. The molecule has 1 aromatic rings. The highest BCUT2D eigenvalue weighted by molar-refractivity contribution is 6.33.